The van der Waals surface area contributed by atoms with Gasteiger partial charge in [-0.05, 0) is 56.7 Å². The van der Waals surface area contributed by atoms with Gasteiger partial charge in [0.2, 0.25) is 0 Å². The standard InChI is InChI=1S/C17H17F3N4O/c1-11(2)10-21-9-8-12(3)15-22-23-16(25)24(15)14-6-4-13(5-7-14)17(18,19)20/h4-10H,1-3H3,(H,23,25)/b12-8+,21-9?. The van der Waals surface area contributed by atoms with E-state index in [-0.39, 0.29) is 5.69 Å². The number of H-pyrrole nitrogens is 1. The van der Waals surface area contributed by atoms with Gasteiger partial charge in [-0.1, -0.05) is 5.57 Å². The maximum Gasteiger partial charge on any atom is 0.416 e. The van der Waals surface area contributed by atoms with Gasteiger partial charge in [0, 0.05) is 12.4 Å². The fraction of sp³-hybridized carbons (Fsp3) is 0.235. The summed E-state index contributed by atoms with van der Waals surface area (Å²) in [5.74, 6) is 0.299. The van der Waals surface area contributed by atoms with Gasteiger partial charge in [0.25, 0.3) is 0 Å². The minimum atomic E-state index is -4.43. The van der Waals surface area contributed by atoms with Gasteiger partial charge in [0.05, 0.1) is 11.3 Å². The number of aromatic nitrogens is 3. The molecule has 1 aromatic carbocycles. The molecule has 0 aliphatic carbocycles. The molecule has 0 unspecified atom stereocenters. The van der Waals surface area contributed by atoms with Crippen LogP contribution in [0.5, 0.6) is 0 Å². The van der Waals surface area contributed by atoms with Gasteiger partial charge < -0.3 is 0 Å². The number of allylic oxidation sites excluding steroid dienone is 3. The number of nitrogens with zero attached hydrogens (tertiary/aromatic N) is 3. The number of nitrogens with one attached hydrogen (secondary N) is 1. The zero-order valence-corrected chi connectivity index (χ0v) is 13.9. The maximum atomic E-state index is 12.7. The molecular weight excluding hydrogens is 333 g/mol. The van der Waals surface area contributed by atoms with E-state index in [0.717, 1.165) is 17.7 Å². The summed E-state index contributed by atoms with van der Waals surface area (Å²) in [4.78, 5) is 16.1. The van der Waals surface area contributed by atoms with Crippen LogP contribution in [0.3, 0.4) is 0 Å². The molecule has 0 fully saturated rings. The number of hydrogen-bond donors (Lipinski definition) is 1. The molecule has 0 radical (unpaired) electrons. The summed E-state index contributed by atoms with van der Waals surface area (Å²) in [5.41, 5.74) is 0.628. The predicted octanol–water partition coefficient (Wildman–Crippen LogP) is 3.98. The number of alkyl halides is 3. The lowest BCUT2D eigenvalue weighted by Gasteiger charge is -2.09. The van der Waals surface area contributed by atoms with Crippen LogP contribution in [0.2, 0.25) is 0 Å². The average Bonchev–Trinajstić information content (AvgIpc) is 2.92. The van der Waals surface area contributed by atoms with Crippen molar-refractivity contribution in [2.24, 2.45) is 4.99 Å². The van der Waals surface area contributed by atoms with E-state index in [1.54, 1.807) is 25.4 Å². The Hall–Kier alpha value is -2.90. The molecule has 0 aliphatic heterocycles. The van der Waals surface area contributed by atoms with E-state index in [1.165, 1.54) is 16.7 Å². The van der Waals surface area contributed by atoms with E-state index in [2.05, 4.69) is 15.2 Å². The van der Waals surface area contributed by atoms with Gasteiger partial charge in [0.1, 0.15) is 0 Å². The zero-order valence-electron chi connectivity index (χ0n) is 13.9. The molecule has 0 saturated heterocycles. The van der Waals surface area contributed by atoms with E-state index in [4.69, 9.17) is 0 Å². The Morgan fingerprint density at radius 2 is 1.84 bits per heavy atom. The fourth-order valence-corrected chi connectivity index (χ4v) is 2.02. The molecular formula is C17H17F3N4O. The molecule has 0 bridgehead atoms. The van der Waals surface area contributed by atoms with Gasteiger partial charge in [-0.3, -0.25) is 4.99 Å². The molecule has 1 N–H and O–H groups in total. The second kappa shape index (κ2) is 7.33. The molecule has 132 valence electrons. The molecule has 2 rings (SSSR count). The SMILES string of the molecule is CC(C)=CN=C/C=C(\C)c1n[nH]c(=O)n1-c1ccc(C(F)(F)F)cc1. The Morgan fingerprint density at radius 3 is 2.40 bits per heavy atom. The van der Waals surface area contributed by atoms with Gasteiger partial charge >= 0.3 is 11.9 Å². The lowest BCUT2D eigenvalue weighted by atomic mass is 10.2. The first kappa shape index (κ1) is 18.4. The van der Waals surface area contributed by atoms with Gasteiger partial charge in [-0.25, -0.2) is 14.5 Å². The highest BCUT2D eigenvalue weighted by atomic mass is 19.4. The minimum Gasteiger partial charge on any atom is -0.265 e. The first-order chi connectivity index (χ1) is 11.7. The molecule has 8 heteroatoms. The summed E-state index contributed by atoms with van der Waals surface area (Å²) in [7, 11) is 0. The Labute approximate surface area is 142 Å². The first-order valence-electron chi connectivity index (χ1n) is 7.39. The summed E-state index contributed by atoms with van der Waals surface area (Å²) < 4.78 is 39.2. The van der Waals surface area contributed by atoms with E-state index < -0.39 is 17.4 Å². The van der Waals surface area contributed by atoms with Crippen molar-refractivity contribution < 1.29 is 13.2 Å². The third kappa shape index (κ3) is 4.56. The van der Waals surface area contributed by atoms with Crippen LogP contribution in [0.4, 0.5) is 13.2 Å². The minimum absolute atomic E-state index is 0.288. The third-order valence-electron chi connectivity index (χ3n) is 3.22. The van der Waals surface area contributed by atoms with E-state index in [1.807, 2.05) is 13.8 Å². The number of aromatic amines is 1. The highest BCUT2D eigenvalue weighted by Crippen LogP contribution is 2.29. The van der Waals surface area contributed by atoms with Crippen molar-refractivity contribution in [2.45, 2.75) is 26.9 Å². The smallest absolute Gasteiger partial charge is 0.265 e. The molecule has 0 spiro atoms. The second-order valence-electron chi connectivity index (χ2n) is 5.59. The molecule has 5 nitrogen and oxygen atoms in total. The monoisotopic (exact) mass is 350 g/mol. The summed E-state index contributed by atoms with van der Waals surface area (Å²) in [6, 6.07) is 4.31. The molecule has 25 heavy (non-hydrogen) atoms. The van der Waals surface area contributed by atoms with Crippen LogP contribution in [0, 0.1) is 0 Å². The number of halogens is 3. The van der Waals surface area contributed by atoms with E-state index in [0.29, 0.717) is 11.4 Å². The molecule has 1 heterocycles. The van der Waals surface area contributed by atoms with Crippen LogP contribution >= 0.6 is 0 Å². The highest BCUT2D eigenvalue weighted by Gasteiger charge is 2.30. The van der Waals surface area contributed by atoms with Crippen molar-refractivity contribution in [1.82, 2.24) is 14.8 Å². The molecule has 0 saturated carbocycles. The lowest BCUT2D eigenvalue weighted by Crippen LogP contribution is -2.17. The first-order valence-corrected chi connectivity index (χ1v) is 7.39. The molecule has 0 atom stereocenters. The van der Waals surface area contributed by atoms with E-state index in [9.17, 15) is 18.0 Å². The number of aliphatic imine (C=N–C) groups is 1. The Bertz CT molecular complexity index is 880. The maximum absolute atomic E-state index is 12.7. The number of hydrogen-bond acceptors (Lipinski definition) is 3. The summed E-state index contributed by atoms with van der Waals surface area (Å²) >= 11 is 0. The van der Waals surface area contributed by atoms with Crippen LogP contribution in [0.25, 0.3) is 11.3 Å². The van der Waals surface area contributed by atoms with Gasteiger partial charge in [-0.2, -0.15) is 18.3 Å². The molecule has 0 amide bonds. The topological polar surface area (TPSA) is 63.0 Å². The van der Waals surface area contributed by atoms with Gasteiger partial charge in [-0.15, -0.1) is 0 Å². The number of rotatable bonds is 4. The van der Waals surface area contributed by atoms with Crippen molar-refractivity contribution in [3.05, 3.63) is 64.0 Å². The zero-order chi connectivity index (χ0) is 18.6. The Morgan fingerprint density at radius 1 is 1.20 bits per heavy atom. The average molecular weight is 350 g/mol. The Kier molecular flexibility index (Phi) is 5.41. The van der Waals surface area contributed by atoms with Crippen LogP contribution in [0.15, 0.2) is 51.9 Å². The predicted molar refractivity (Wildman–Crippen MR) is 90.8 cm³/mol. The fourth-order valence-electron chi connectivity index (χ4n) is 2.02. The second-order valence-corrected chi connectivity index (χ2v) is 5.59. The van der Waals surface area contributed by atoms with Crippen LogP contribution in [-0.4, -0.2) is 21.0 Å². The van der Waals surface area contributed by atoms with Crippen molar-refractivity contribution in [1.29, 1.82) is 0 Å². The molecule has 0 aliphatic rings. The van der Waals surface area contributed by atoms with Gasteiger partial charge in [0.15, 0.2) is 5.82 Å². The van der Waals surface area contributed by atoms with Crippen molar-refractivity contribution >= 4 is 11.8 Å². The highest BCUT2D eigenvalue weighted by molar-refractivity contribution is 5.82. The third-order valence-corrected chi connectivity index (χ3v) is 3.22. The van der Waals surface area contributed by atoms with Crippen molar-refractivity contribution in [3.8, 4) is 5.69 Å². The van der Waals surface area contributed by atoms with Crippen LogP contribution in [0.1, 0.15) is 32.2 Å². The molecule has 1 aromatic heterocycles. The lowest BCUT2D eigenvalue weighted by molar-refractivity contribution is -0.137. The largest absolute Gasteiger partial charge is 0.416 e. The summed E-state index contributed by atoms with van der Waals surface area (Å²) in [5, 5.41) is 6.24. The van der Waals surface area contributed by atoms with Crippen molar-refractivity contribution in [2.75, 3.05) is 0 Å². The van der Waals surface area contributed by atoms with Crippen molar-refractivity contribution in [3.63, 3.8) is 0 Å². The number of benzene rings is 1. The molecule has 2 aromatic rings. The van der Waals surface area contributed by atoms with E-state index >= 15 is 0 Å². The summed E-state index contributed by atoms with van der Waals surface area (Å²) in [6.45, 7) is 5.54. The quantitative estimate of drug-likeness (QED) is 0.848. The normalized spacial score (nSPS) is 12.6. The van der Waals surface area contributed by atoms with Crippen LogP contribution in [-0.2, 0) is 6.18 Å². The van der Waals surface area contributed by atoms with Crippen LogP contribution < -0.4 is 5.69 Å². The Balaban J connectivity index is 2.39. The summed E-state index contributed by atoms with van der Waals surface area (Å²) in [6.07, 6.45) is 0.464.